The van der Waals surface area contributed by atoms with E-state index < -0.39 is 0 Å². The summed E-state index contributed by atoms with van der Waals surface area (Å²) in [5.41, 5.74) is 7.32. The predicted molar refractivity (Wildman–Crippen MR) is 71.8 cm³/mol. The average molecular weight is 238 g/mol. The van der Waals surface area contributed by atoms with Crippen LogP contribution in [0.2, 0.25) is 0 Å². The highest BCUT2D eigenvalue weighted by Crippen LogP contribution is 2.18. The minimum absolute atomic E-state index is 0.0892. The van der Waals surface area contributed by atoms with Crippen molar-refractivity contribution in [2.24, 2.45) is 11.7 Å². The Labute approximate surface area is 105 Å². The Kier molecular flexibility index (Phi) is 5.65. The number of nitrogens with zero attached hydrogens (tertiary/aromatic N) is 3. The summed E-state index contributed by atoms with van der Waals surface area (Å²) in [4.78, 5) is 6.43. The largest absolute Gasteiger partial charge is 0.333 e. The van der Waals surface area contributed by atoms with Gasteiger partial charge in [-0.25, -0.2) is 4.98 Å². The van der Waals surface area contributed by atoms with Crippen LogP contribution in [-0.2, 0) is 6.54 Å². The van der Waals surface area contributed by atoms with Crippen molar-refractivity contribution in [2.75, 3.05) is 20.6 Å². The van der Waals surface area contributed by atoms with Crippen molar-refractivity contribution in [3.63, 3.8) is 0 Å². The van der Waals surface area contributed by atoms with Crippen LogP contribution in [0.3, 0.4) is 0 Å². The Bertz CT molecular complexity index is 317. The molecular formula is C13H26N4. The second kappa shape index (κ2) is 6.77. The molecule has 1 aromatic rings. The lowest BCUT2D eigenvalue weighted by molar-refractivity contribution is 0.384. The van der Waals surface area contributed by atoms with Crippen LogP contribution in [0.15, 0.2) is 12.5 Å². The number of rotatable bonds is 7. The Morgan fingerprint density at radius 1 is 1.35 bits per heavy atom. The van der Waals surface area contributed by atoms with E-state index in [1.807, 2.05) is 12.5 Å². The van der Waals surface area contributed by atoms with Crippen LogP contribution in [0.5, 0.6) is 0 Å². The van der Waals surface area contributed by atoms with E-state index in [9.17, 15) is 0 Å². The molecule has 1 heterocycles. The quantitative estimate of drug-likeness (QED) is 0.738. The molecule has 1 aromatic heterocycles. The molecular weight excluding hydrogens is 212 g/mol. The molecule has 4 nitrogen and oxygen atoms in total. The summed E-state index contributed by atoms with van der Waals surface area (Å²) in [6, 6.07) is 0.0892. The third kappa shape index (κ3) is 4.48. The number of aromatic nitrogens is 2. The van der Waals surface area contributed by atoms with E-state index in [0.717, 1.165) is 18.8 Å². The van der Waals surface area contributed by atoms with Crippen LogP contribution in [0.1, 0.15) is 38.4 Å². The zero-order valence-electron chi connectivity index (χ0n) is 11.6. The zero-order valence-corrected chi connectivity index (χ0v) is 11.6. The highest BCUT2D eigenvalue weighted by molar-refractivity contribution is 5.05. The maximum Gasteiger partial charge on any atom is 0.0948 e. The third-order valence-electron chi connectivity index (χ3n) is 3.06. The van der Waals surface area contributed by atoms with E-state index in [1.54, 1.807) is 0 Å². The highest BCUT2D eigenvalue weighted by Gasteiger charge is 2.14. The molecule has 98 valence electrons. The van der Waals surface area contributed by atoms with E-state index in [1.165, 1.54) is 12.8 Å². The minimum Gasteiger partial charge on any atom is -0.333 e. The maximum atomic E-state index is 6.17. The van der Waals surface area contributed by atoms with Crippen molar-refractivity contribution in [1.29, 1.82) is 0 Å². The molecule has 0 fully saturated rings. The van der Waals surface area contributed by atoms with E-state index in [0.29, 0.717) is 5.92 Å². The number of hydrogen-bond acceptors (Lipinski definition) is 3. The molecule has 0 bridgehead atoms. The number of aryl methyl sites for hydroxylation is 1. The lowest BCUT2D eigenvalue weighted by atomic mass is 10.0. The van der Waals surface area contributed by atoms with Crippen LogP contribution in [0.4, 0.5) is 0 Å². The van der Waals surface area contributed by atoms with Gasteiger partial charge in [0.05, 0.1) is 12.0 Å². The molecule has 0 aromatic carbocycles. The van der Waals surface area contributed by atoms with Crippen molar-refractivity contribution in [2.45, 2.75) is 39.3 Å². The maximum absolute atomic E-state index is 6.17. The number of unbranched alkanes of at least 4 members (excludes halogenated alkanes) is 1. The van der Waals surface area contributed by atoms with Crippen molar-refractivity contribution >= 4 is 0 Å². The van der Waals surface area contributed by atoms with Gasteiger partial charge in [0.2, 0.25) is 0 Å². The van der Waals surface area contributed by atoms with E-state index >= 15 is 0 Å². The van der Waals surface area contributed by atoms with Gasteiger partial charge in [-0.05, 0) is 39.4 Å². The van der Waals surface area contributed by atoms with Gasteiger partial charge in [0.1, 0.15) is 0 Å². The number of nitrogens with two attached hydrogens (primary N) is 1. The van der Waals surface area contributed by atoms with Crippen LogP contribution in [0.25, 0.3) is 0 Å². The Balaban J connectivity index is 2.46. The van der Waals surface area contributed by atoms with Gasteiger partial charge >= 0.3 is 0 Å². The second-order valence-electron chi connectivity index (χ2n) is 5.29. The fourth-order valence-corrected chi connectivity index (χ4v) is 1.85. The smallest absolute Gasteiger partial charge is 0.0948 e. The molecule has 0 saturated carbocycles. The molecule has 0 aliphatic rings. The molecule has 0 aliphatic heterocycles. The summed E-state index contributed by atoms with van der Waals surface area (Å²) in [7, 11) is 4.22. The Morgan fingerprint density at radius 3 is 2.65 bits per heavy atom. The van der Waals surface area contributed by atoms with Crippen molar-refractivity contribution in [1.82, 2.24) is 14.5 Å². The van der Waals surface area contributed by atoms with Crippen LogP contribution in [0, 0.1) is 5.92 Å². The summed E-state index contributed by atoms with van der Waals surface area (Å²) in [6.45, 7) is 6.45. The Hall–Kier alpha value is -0.870. The molecule has 2 N–H and O–H groups in total. The number of imidazole rings is 1. The molecule has 4 heteroatoms. The summed E-state index contributed by atoms with van der Waals surface area (Å²) in [5, 5.41) is 0. The van der Waals surface area contributed by atoms with Gasteiger partial charge < -0.3 is 15.2 Å². The first-order valence-electron chi connectivity index (χ1n) is 6.42. The van der Waals surface area contributed by atoms with Crippen LogP contribution < -0.4 is 5.73 Å². The second-order valence-corrected chi connectivity index (χ2v) is 5.29. The van der Waals surface area contributed by atoms with Gasteiger partial charge in [-0.2, -0.15) is 0 Å². The summed E-state index contributed by atoms with van der Waals surface area (Å²) in [5.74, 6) is 0.451. The predicted octanol–water partition coefficient (Wildman–Crippen LogP) is 1.88. The molecule has 0 aliphatic carbocycles. The summed E-state index contributed by atoms with van der Waals surface area (Å²) >= 11 is 0. The first-order chi connectivity index (χ1) is 8.02. The molecule has 0 spiro atoms. The third-order valence-corrected chi connectivity index (χ3v) is 3.06. The molecule has 1 unspecified atom stereocenters. The molecule has 0 radical (unpaired) electrons. The molecule has 1 rings (SSSR count). The first-order valence-corrected chi connectivity index (χ1v) is 6.42. The van der Waals surface area contributed by atoms with Crippen molar-refractivity contribution < 1.29 is 0 Å². The fraction of sp³-hybridized carbons (Fsp3) is 0.769. The number of hydrogen-bond donors (Lipinski definition) is 1. The van der Waals surface area contributed by atoms with Gasteiger partial charge in [0.15, 0.2) is 0 Å². The molecule has 17 heavy (non-hydrogen) atoms. The van der Waals surface area contributed by atoms with Crippen LogP contribution >= 0.6 is 0 Å². The first kappa shape index (κ1) is 14.2. The summed E-state index contributed by atoms with van der Waals surface area (Å²) < 4.78 is 2.19. The van der Waals surface area contributed by atoms with Gasteiger partial charge in [0, 0.05) is 18.8 Å². The minimum atomic E-state index is 0.0892. The monoisotopic (exact) mass is 238 g/mol. The molecule has 1 atom stereocenters. The van der Waals surface area contributed by atoms with E-state index in [2.05, 4.69) is 42.4 Å². The van der Waals surface area contributed by atoms with E-state index in [4.69, 9.17) is 5.73 Å². The van der Waals surface area contributed by atoms with Crippen molar-refractivity contribution in [3.8, 4) is 0 Å². The van der Waals surface area contributed by atoms with Gasteiger partial charge in [-0.15, -0.1) is 0 Å². The SMILES string of the molecule is CC(C)C(N)c1cncn1CCCCN(C)C. The average Bonchev–Trinajstić information content (AvgIpc) is 2.71. The van der Waals surface area contributed by atoms with Crippen LogP contribution in [-0.4, -0.2) is 35.1 Å². The Morgan fingerprint density at radius 2 is 2.06 bits per heavy atom. The molecule has 0 saturated heterocycles. The summed E-state index contributed by atoms with van der Waals surface area (Å²) in [6.07, 6.45) is 6.18. The lowest BCUT2D eigenvalue weighted by Gasteiger charge is -2.18. The molecule has 0 amide bonds. The van der Waals surface area contributed by atoms with Gasteiger partial charge in [-0.3, -0.25) is 0 Å². The zero-order chi connectivity index (χ0) is 12.8. The topological polar surface area (TPSA) is 47.1 Å². The van der Waals surface area contributed by atoms with Gasteiger partial charge in [0.25, 0.3) is 0 Å². The highest BCUT2D eigenvalue weighted by atomic mass is 15.1. The lowest BCUT2D eigenvalue weighted by Crippen LogP contribution is -2.20. The van der Waals surface area contributed by atoms with Gasteiger partial charge in [-0.1, -0.05) is 13.8 Å². The normalized spacial score (nSPS) is 13.6. The fourth-order valence-electron chi connectivity index (χ4n) is 1.85. The van der Waals surface area contributed by atoms with E-state index in [-0.39, 0.29) is 6.04 Å². The standard InChI is InChI=1S/C13H26N4/c1-11(2)13(14)12-9-15-10-17(12)8-6-5-7-16(3)4/h9-11,13H,5-8,14H2,1-4H3. The van der Waals surface area contributed by atoms with Crippen molar-refractivity contribution in [3.05, 3.63) is 18.2 Å².